The van der Waals surface area contributed by atoms with Gasteiger partial charge in [-0.3, -0.25) is 9.69 Å². The van der Waals surface area contributed by atoms with Gasteiger partial charge in [0.2, 0.25) is 5.91 Å². The average Bonchev–Trinajstić information content (AvgIpc) is 2.89. The van der Waals surface area contributed by atoms with Gasteiger partial charge in [-0.1, -0.05) is 41.4 Å². The first-order valence-electron chi connectivity index (χ1n) is 8.43. The standard InChI is InChI=1S/C19H17Cl2F3N2O2/c1-25-11-17(27)26(18(25)13-4-7-15(20)16(21)10-13)9-8-12-2-5-14(6-3-12)28-19(22,23)24/h2-7,10,18H,8-9,11H2,1H3. The molecule has 1 unspecified atom stereocenters. The van der Waals surface area contributed by atoms with Crippen LogP contribution in [0.3, 0.4) is 0 Å². The number of likely N-dealkylation sites (N-methyl/N-ethyl adjacent to an activating group) is 1. The normalized spacial score (nSPS) is 18.0. The summed E-state index contributed by atoms with van der Waals surface area (Å²) in [5, 5.41) is 0.845. The highest BCUT2D eigenvalue weighted by Crippen LogP contribution is 2.33. The fourth-order valence-corrected chi connectivity index (χ4v) is 3.53. The zero-order chi connectivity index (χ0) is 20.5. The van der Waals surface area contributed by atoms with E-state index in [1.807, 2.05) is 18.0 Å². The Balaban J connectivity index is 1.71. The van der Waals surface area contributed by atoms with Gasteiger partial charge in [0.1, 0.15) is 11.9 Å². The van der Waals surface area contributed by atoms with Gasteiger partial charge in [-0.2, -0.15) is 0 Å². The summed E-state index contributed by atoms with van der Waals surface area (Å²) in [6.07, 6.45) is -4.51. The first-order valence-corrected chi connectivity index (χ1v) is 9.19. The molecule has 1 amide bonds. The van der Waals surface area contributed by atoms with Crippen LogP contribution >= 0.6 is 23.2 Å². The zero-order valence-corrected chi connectivity index (χ0v) is 16.4. The number of benzene rings is 2. The highest BCUT2D eigenvalue weighted by Gasteiger charge is 2.36. The molecular weight excluding hydrogens is 416 g/mol. The number of alkyl halides is 3. The number of nitrogens with zero attached hydrogens (tertiary/aromatic N) is 2. The molecule has 150 valence electrons. The van der Waals surface area contributed by atoms with E-state index in [4.69, 9.17) is 23.2 Å². The summed E-state index contributed by atoms with van der Waals surface area (Å²) >= 11 is 12.1. The van der Waals surface area contributed by atoms with Gasteiger partial charge in [0.05, 0.1) is 16.6 Å². The highest BCUT2D eigenvalue weighted by atomic mass is 35.5. The number of hydrogen-bond donors (Lipinski definition) is 0. The Kier molecular flexibility index (Phi) is 6.07. The third-order valence-corrected chi connectivity index (χ3v) is 5.20. The van der Waals surface area contributed by atoms with Crippen molar-refractivity contribution in [1.29, 1.82) is 0 Å². The van der Waals surface area contributed by atoms with Crippen molar-refractivity contribution in [3.8, 4) is 5.75 Å². The number of ether oxygens (including phenoxy) is 1. The van der Waals surface area contributed by atoms with Crippen molar-refractivity contribution in [2.45, 2.75) is 18.9 Å². The van der Waals surface area contributed by atoms with E-state index in [9.17, 15) is 18.0 Å². The van der Waals surface area contributed by atoms with Crippen molar-refractivity contribution in [1.82, 2.24) is 9.80 Å². The van der Waals surface area contributed by atoms with Gasteiger partial charge in [0.15, 0.2) is 0 Å². The molecule has 1 saturated heterocycles. The molecule has 1 atom stereocenters. The summed E-state index contributed by atoms with van der Waals surface area (Å²) in [5.74, 6) is -0.308. The minimum atomic E-state index is -4.72. The molecule has 0 spiro atoms. The number of carbonyl (C=O) groups is 1. The van der Waals surface area contributed by atoms with Gasteiger partial charge in [0.25, 0.3) is 0 Å². The maximum atomic E-state index is 12.4. The van der Waals surface area contributed by atoms with E-state index >= 15 is 0 Å². The van der Waals surface area contributed by atoms with E-state index < -0.39 is 6.36 Å². The van der Waals surface area contributed by atoms with Crippen LogP contribution in [0, 0.1) is 0 Å². The van der Waals surface area contributed by atoms with Crippen LogP contribution in [0.15, 0.2) is 42.5 Å². The van der Waals surface area contributed by atoms with E-state index in [-0.39, 0.29) is 24.4 Å². The van der Waals surface area contributed by atoms with Crippen LogP contribution in [-0.2, 0) is 11.2 Å². The van der Waals surface area contributed by atoms with E-state index in [1.165, 1.54) is 12.1 Å². The third-order valence-electron chi connectivity index (χ3n) is 4.46. The second-order valence-electron chi connectivity index (χ2n) is 6.49. The van der Waals surface area contributed by atoms with Crippen molar-refractivity contribution in [3.05, 3.63) is 63.6 Å². The summed E-state index contributed by atoms with van der Waals surface area (Å²) < 4.78 is 40.6. The van der Waals surface area contributed by atoms with Gasteiger partial charge in [-0.25, -0.2) is 0 Å². The molecule has 1 fully saturated rings. The van der Waals surface area contributed by atoms with Crippen molar-refractivity contribution < 1.29 is 22.7 Å². The molecule has 0 N–H and O–H groups in total. The Morgan fingerprint density at radius 3 is 2.39 bits per heavy atom. The lowest BCUT2D eigenvalue weighted by molar-refractivity contribution is -0.274. The van der Waals surface area contributed by atoms with Crippen molar-refractivity contribution in [3.63, 3.8) is 0 Å². The quantitative estimate of drug-likeness (QED) is 0.672. The maximum Gasteiger partial charge on any atom is 0.573 e. The summed E-state index contributed by atoms with van der Waals surface area (Å²) in [4.78, 5) is 16.1. The number of halogens is 5. The maximum absolute atomic E-state index is 12.4. The lowest BCUT2D eigenvalue weighted by atomic mass is 10.1. The lowest BCUT2D eigenvalue weighted by Gasteiger charge is -2.28. The van der Waals surface area contributed by atoms with Crippen LogP contribution < -0.4 is 4.74 Å². The van der Waals surface area contributed by atoms with Gasteiger partial charge in [-0.05, 0) is 48.9 Å². The molecule has 0 aromatic heterocycles. The smallest absolute Gasteiger partial charge is 0.406 e. The Morgan fingerprint density at radius 1 is 1.11 bits per heavy atom. The molecule has 4 nitrogen and oxygen atoms in total. The van der Waals surface area contributed by atoms with Gasteiger partial charge < -0.3 is 9.64 Å². The number of amides is 1. The average molecular weight is 433 g/mol. The minimum absolute atomic E-state index is 0.0319. The first kappa shape index (κ1) is 20.8. The molecule has 1 heterocycles. The SMILES string of the molecule is CN1CC(=O)N(CCc2ccc(OC(F)(F)F)cc2)C1c1ccc(Cl)c(Cl)c1. The Hall–Kier alpha value is -1.96. The van der Waals surface area contributed by atoms with Gasteiger partial charge in [-0.15, -0.1) is 13.2 Å². The van der Waals surface area contributed by atoms with E-state index in [1.54, 1.807) is 29.2 Å². The number of hydrogen-bond acceptors (Lipinski definition) is 3. The number of rotatable bonds is 5. The first-order chi connectivity index (χ1) is 13.1. The Bertz CT molecular complexity index is 859. The Morgan fingerprint density at radius 2 is 1.79 bits per heavy atom. The summed E-state index contributed by atoms with van der Waals surface area (Å²) in [6, 6.07) is 10.9. The molecule has 0 radical (unpaired) electrons. The molecule has 9 heteroatoms. The van der Waals surface area contributed by atoms with E-state index in [2.05, 4.69) is 4.74 Å². The topological polar surface area (TPSA) is 32.8 Å². The molecule has 0 saturated carbocycles. The molecule has 0 aliphatic carbocycles. The molecule has 3 rings (SSSR count). The molecular formula is C19H17Cl2F3N2O2. The monoisotopic (exact) mass is 432 g/mol. The van der Waals surface area contributed by atoms with E-state index in [0.29, 0.717) is 23.0 Å². The lowest BCUT2D eigenvalue weighted by Crippen LogP contribution is -2.32. The molecule has 1 aliphatic heterocycles. The van der Waals surface area contributed by atoms with Crippen LogP contribution in [0.2, 0.25) is 10.0 Å². The fourth-order valence-electron chi connectivity index (χ4n) is 3.23. The van der Waals surface area contributed by atoms with Crippen molar-refractivity contribution in [2.75, 3.05) is 20.1 Å². The third kappa shape index (κ3) is 4.90. The molecule has 2 aromatic rings. The Labute approximate surface area is 170 Å². The molecule has 2 aromatic carbocycles. The summed E-state index contributed by atoms with van der Waals surface area (Å²) in [5.41, 5.74) is 1.64. The van der Waals surface area contributed by atoms with Crippen LogP contribution in [0.1, 0.15) is 17.3 Å². The highest BCUT2D eigenvalue weighted by molar-refractivity contribution is 6.42. The van der Waals surface area contributed by atoms with Crippen LogP contribution in [0.25, 0.3) is 0 Å². The van der Waals surface area contributed by atoms with E-state index in [0.717, 1.165) is 11.1 Å². The largest absolute Gasteiger partial charge is 0.573 e. The number of carbonyl (C=O) groups excluding carboxylic acids is 1. The predicted molar refractivity (Wildman–Crippen MR) is 100 cm³/mol. The minimum Gasteiger partial charge on any atom is -0.406 e. The molecule has 28 heavy (non-hydrogen) atoms. The second-order valence-corrected chi connectivity index (χ2v) is 7.31. The van der Waals surface area contributed by atoms with Crippen LogP contribution in [0.4, 0.5) is 13.2 Å². The fraction of sp³-hybridized carbons (Fsp3) is 0.316. The second kappa shape index (κ2) is 8.19. The van der Waals surface area contributed by atoms with Crippen molar-refractivity contribution in [2.24, 2.45) is 0 Å². The molecule has 0 bridgehead atoms. The predicted octanol–water partition coefficient (Wildman–Crippen LogP) is 4.91. The van der Waals surface area contributed by atoms with Gasteiger partial charge in [0, 0.05) is 6.54 Å². The van der Waals surface area contributed by atoms with Crippen LogP contribution in [0.5, 0.6) is 5.75 Å². The van der Waals surface area contributed by atoms with Gasteiger partial charge >= 0.3 is 6.36 Å². The van der Waals surface area contributed by atoms with Crippen LogP contribution in [-0.4, -0.2) is 42.2 Å². The zero-order valence-electron chi connectivity index (χ0n) is 14.8. The molecule has 1 aliphatic rings. The summed E-state index contributed by atoms with van der Waals surface area (Å²) in [6.45, 7) is 0.677. The summed E-state index contributed by atoms with van der Waals surface area (Å²) in [7, 11) is 1.84. The van der Waals surface area contributed by atoms with Crippen molar-refractivity contribution >= 4 is 29.1 Å².